The van der Waals surface area contributed by atoms with Gasteiger partial charge in [0.05, 0.1) is 6.10 Å². The zero-order valence-electron chi connectivity index (χ0n) is 19.8. The molecule has 4 rings (SSSR count). The Bertz CT molecular complexity index is 639. The van der Waals surface area contributed by atoms with Gasteiger partial charge < -0.3 is 5.11 Å². The summed E-state index contributed by atoms with van der Waals surface area (Å²) in [5.74, 6) is 9.50. The van der Waals surface area contributed by atoms with Crippen LogP contribution in [0.1, 0.15) is 98.3 Å². The van der Waals surface area contributed by atoms with Gasteiger partial charge in [0.25, 0.3) is 0 Å². The van der Waals surface area contributed by atoms with Crippen LogP contribution in [0.15, 0.2) is 0 Å². The van der Waals surface area contributed by atoms with Gasteiger partial charge in [-0.05, 0) is 97.2 Å². The molecule has 0 aromatic carbocycles. The lowest BCUT2D eigenvalue weighted by Gasteiger charge is -2.64. The number of amides is 1. The lowest BCUT2D eigenvalue weighted by Crippen LogP contribution is -2.61. The smallest absolute Gasteiger partial charge is 0.233 e. The van der Waals surface area contributed by atoms with Crippen LogP contribution in [0.4, 0.5) is 0 Å². The zero-order valence-corrected chi connectivity index (χ0v) is 19.8. The number of hydrogen-bond donors (Lipinski definition) is 3. The van der Waals surface area contributed by atoms with Crippen molar-refractivity contribution in [1.82, 2.24) is 5.43 Å². The van der Waals surface area contributed by atoms with Crippen LogP contribution in [0.3, 0.4) is 0 Å². The van der Waals surface area contributed by atoms with E-state index in [0.717, 1.165) is 18.8 Å². The number of rotatable bonds is 5. The summed E-state index contributed by atoms with van der Waals surface area (Å²) >= 11 is 0. The maximum absolute atomic E-state index is 11.7. The van der Waals surface area contributed by atoms with E-state index >= 15 is 0 Å². The molecule has 30 heavy (non-hydrogen) atoms. The van der Waals surface area contributed by atoms with Crippen molar-refractivity contribution in [2.45, 2.75) is 104 Å². The van der Waals surface area contributed by atoms with Crippen LogP contribution >= 0.6 is 0 Å². The molecular formula is C26H46N2O2. The lowest BCUT2D eigenvalue weighted by molar-refractivity contribution is -0.194. The molecule has 0 saturated heterocycles. The SMILES string of the molecule is CC[C@H]1[C@@H](O)C2C3CCC([C@H](C)CCC(=O)NN)[C@@]3(C)CCC2[C@@]2(C)CCCC[C@@H]12. The van der Waals surface area contributed by atoms with Gasteiger partial charge in [0.1, 0.15) is 0 Å². The summed E-state index contributed by atoms with van der Waals surface area (Å²) in [5, 5.41) is 11.7. The van der Waals surface area contributed by atoms with Gasteiger partial charge >= 0.3 is 0 Å². The fraction of sp³-hybridized carbons (Fsp3) is 0.962. The molecule has 4 fully saturated rings. The summed E-state index contributed by atoms with van der Waals surface area (Å²) in [7, 11) is 0. The highest BCUT2D eigenvalue weighted by Crippen LogP contribution is 2.69. The third-order valence-corrected chi connectivity index (χ3v) is 11.1. The quantitative estimate of drug-likeness (QED) is 0.332. The highest BCUT2D eigenvalue weighted by Gasteiger charge is 2.64. The fourth-order valence-electron chi connectivity index (χ4n) is 9.65. The normalized spacial score (nSPS) is 48.9. The van der Waals surface area contributed by atoms with Gasteiger partial charge in [0.15, 0.2) is 0 Å². The molecule has 4 aliphatic rings. The van der Waals surface area contributed by atoms with Crippen molar-refractivity contribution in [1.29, 1.82) is 0 Å². The van der Waals surface area contributed by atoms with E-state index in [0.29, 0.717) is 52.8 Å². The fourth-order valence-corrected chi connectivity index (χ4v) is 9.65. The standard InChI is InChI=1S/C26H46N2O2/c1-5-17-19-8-6-7-14-25(19,3)21-13-15-26(4)18(16(2)9-12-22(29)28-27)10-11-20(26)23(21)24(17)30/h16-21,23-24,30H,5-15,27H2,1-4H3,(H,28,29)/t16-,17-,18?,19+,20?,21?,23?,24-,25+,26-/m1/s1. The number of aliphatic hydroxyl groups is 1. The summed E-state index contributed by atoms with van der Waals surface area (Å²) < 4.78 is 0. The van der Waals surface area contributed by atoms with Crippen molar-refractivity contribution >= 4 is 5.91 Å². The van der Waals surface area contributed by atoms with Crippen LogP contribution in [-0.2, 0) is 4.79 Å². The molecule has 4 saturated carbocycles. The Morgan fingerprint density at radius 3 is 2.50 bits per heavy atom. The highest BCUT2D eigenvalue weighted by molar-refractivity contribution is 5.75. The summed E-state index contributed by atoms with van der Waals surface area (Å²) in [5.41, 5.74) is 3.04. The average molecular weight is 419 g/mol. The van der Waals surface area contributed by atoms with E-state index in [9.17, 15) is 9.90 Å². The first-order chi connectivity index (χ1) is 14.3. The highest BCUT2D eigenvalue weighted by atomic mass is 16.3. The van der Waals surface area contributed by atoms with Crippen LogP contribution in [0, 0.1) is 52.3 Å². The number of hydrogen-bond acceptors (Lipinski definition) is 3. The summed E-state index contributed by atoms with van der Waals surface area (Å²) in [6.07, 6.45) is 13.0. The number of fused-ring (bicyclic) bond motifs is 5. The molecule has 0 bridgehead atoms. The number of nitrogens with one attached hydrogen (secondary N) is 1. The van der Waals surface area contributed by atoms with Gasteiger partial charge in [0.2, 0.25) is 5.91 Å². The zero-order chi connectivity index (χ0) is 21.7. The van der Waals surface area contributed by atoms with E-state index in [1.807, 2.05) is 0 Å². The lowest BCUT2D eigenvalue weighted by atomic mass is 9.41. The molecule has 0 spiro atoms. The first-order valence-electron chi connectivity index (χ1n) is 13.0. The van der Waals surface area contributed by atoms with E-state index in [2.05, 4.69) is 33.1 Å². The molecule has 0 aromatic heterocycles. The molecule has 4 N–H and O–H groups in total. The second kappa shape index (κ2) is 8.39. The molecule has 4 nitrogen and oxygen atoms in total. The predicted octanol–water partition coefficient (Wildman–Crippen LogP) is 5.05. The molecule has 0 aromatic rings. The van der Waals surface area contributed by atoms with Crippen LogP contribution < -0.4 is 11.3 Å². The minimum Gasteiger partial charge on any atom is -0.393 e. The number of nitrogens with two attached hydrogens (primary N) is 1. The molecule has 4 unspecified atom stereocenters. The third-order valence-electron chi connectivity index (χ3n) is 11.1. The second-order valence-corrected chi connectivity index (χ2v) is 12.0. The van der Waals surface area contributed by atoms with Gasteiger partial charge in [0, 0.05) is 6.42 Å². The molecule has 4 aliphatic carbocycles. The summed E-state index contributed by atoms with van der Waals surface area (Å²) in [6.45, 7) is 9.80. The van der Waals surface area contributed by atoms with Crippen molar-refractivity contribution in [3.05, 3.63) is 0 Å². The van der Waals surface area contributed by atoms with Gasteiger partial charge in [-0.2, -0.15) is 0 Å². The van der Waals surface area contributed by atoms with Gasteiger partial charge in [-0.25, -0.2) is 5.84 Å². The monoisotopic (exact) mass is 418 g/mol. The summed E-state index contributed by atoms with van der Waals surface area (Å²) in [4.78, 5) is 11.7. The molecule has 0 heterocycles. The first-order valence-corrected chi connectivity index (χ1v) is 13.0. The Labute approximate surface area is 184 Å². The molecule has 0 aliphatic heterocycles. The predicted molar refractivity (Wildman–Crippen MR) is 121 cm³/mol. The number of carbonyl (C=O) groups is 1. The third kappa shape index (κ3) is 3.36. The largest absolute Gasteiger partial charge is 0.393 e. The van der Waals surface area contributed by atoms with Crippen LogP contribution in [0.25, 0.3) is 0 Å². The van der Waals surface area contributed by atoms with E-state index in [4.69, 9.17) is 5.84 Å². The van der Waals surface area contributed by atoms with Gasteiger partial charge in [-0.1, -0.05) is 47.0 Å². The minimum absolute atomic E-state index is 0.0463. The topological polar surface area (TPSA) is 75.3 Å². The van der Waals surface area contributed by atoms with Crippen molar-refractivity contribution < 1.29 is 9.90 Å². The van der Waals surface area contributed by atoms with Crippen molar-refractivity contribution in [3.63, 3.8) is 0 Å². The van der Waals surface area contributed by atoms with Gasteiger partial charge in [-0.3, -0.25) is 10.2 Å². The summed E-state index contributed by atoms with van der Waals surface area (Å²) in [6, 6.07) is 0. The van der Waals surface area contributed by atoms with Crippen molar-refractivity contribution in [2.75, 3.05) is 0 Å². The van der Waals surface area contributed by atoms with Crippen LogP contribution in [0.5, 0.6) is 0 Å². The Morgan fingerprint density at radius 2 is 1.80 bits per heavy atom. The molecule has 0 radical (unpaired) electrons. The number of aliphatic hydroxyl groups excluding tert-OH is 1. The minimum atomic E-state index is -0.113. The Kier molecular flexibility index (Phi) is 6.31. The Balaban J connectivity index is 1.58. The molecular weight excluding hydrogens is 372 g/mol. The van der Waals surface area contributed by atoms with Crippen LogP contribution in [-0.4, -0.2) is 17.1 Å². The maximum atomic E-state index is 11.7. The number of hydrazine groups is 1. The van der Waals surface area contributed by atoms with Crippen LogP contribution in [0.2, 0.25) is 0 Å². The molecule has 1 amide bonds. The maximum Gasteiger partial charge on any atom is 0.233 e. The van der Waals surface area contributed by atoms with E-state index in [-0.39, 0.29) is 12.0 Å². The second-order valence-electron chi connectivity index (χ2n) is 12.0. The molecule has 172 valence electrons. The number of carbonyl (C=O) groups excluding carboxylic acids is 1. The van der Waals surface area contributed by atoms with Gasteiger partial charge in [-0.15, -0.1) is 0 Å². The Hall–Kier alpha value is -0.610. The van der Waals surface area contributed by atoms with E-state index in [1.165, 1.54) is 51.4 Å². The van der Waals surface area contributed by atoms with Crippen molar-refractivity contribution in [2.24, 2.45) is 58.1 Å². The van der Waals surface area contributed by atoms with Crippen molar-refractivity contribution in [3.8, 4) is 0 Å². The van der Waals surface area contributed by atoms with E-state index < -0.39 is 0 Å². The molecule has 10 atom stereocenters. The van der Waals surface area contributed by atoms with E-state index in [1.54, 1.807) is 0 Å². The first kappa shape index (κ1) is 22.6. The molecule has 4 heteroatoms. The average Bonchev–Trinajstić information content (AvgIpc) is 3.09. The Morgan fingerprint density at radius 1 is 1.07 bits per heavy atom.